The van der Waals surface area contributed by atoms with Gasteiger partial charge in [-0.15, -0.1) is 0 Å². The Kier molecular flexibility index (Phi) is 5.39. The molecule has 3 aromatic carbocycles. The van der Waals surface area contributed by atoms with E-state index in [4.69, 9.17) is 14.2 Å². The number of benzene rings is 3. The number of hydrogen-bond donors (Lipinski definition) is 1. The Balaban J connectivity index is 1.72. The summed E-state index contributed by atoms with van der Waals surface area (Å²) < 4.78 is 16.2. The number of amides is 1. The normalized spacial score (nSPS) is 10.1. The van der Waals surface area contributed by atoms with Crippen LogP contribution >= 0.6 is 0 Å². The summed E-state index contributed by atoms with van der Waals surface area (Å²) in [6.07, 6.45) is 0. The molecule has 3 aromatic rings. The third kappa shape index (κ3) is 4.13. The summed E-state index contributed by atoms with van der Waals surface area (Å²) in [4.78, 5) is 12.6. The minimum Gasteiger partial charge on any atom is -0.497 e. The fourth-order valence-electron chi connectivity index (χ4n) is 2.42. The van der Waals surface area contributed by atoms with Crippen LogP contribution in [0.5, 0.6) is 23.0 Å². The van der Waals surface area contributed by atoms with Gasteiger partial charge < -0.3 is 19.5 Å². The van der Waals surface area contributed by atoms with Gasteiger partial charge in [0.25, 0.3) is 5.91 Å². The molecule has 0 bridgehead atoms. The highest BCUT2D eigenvalue weighted by molar-refractivity contribution is 6.06. The van der Waals surface area contributed by atoms with Gasteiger partial charge in [-0.05, 0) is 54.6 Å². The fraction of sp³-hybridized carbons (Fsp3) is 0.0952. The Labute approximate surface area is 152 Å². The maximum atomic E-state index is 12.6. The Morgan fingerprint density at radius 1 is 0.769 bits per heavy atom. The maximum Gasteiger partial charge on any atom is 0.259 e. The van der Waals surface area contributed by atoms with E-state index < -0.39 is 0 Å². The van der Waals surface area contributed by atoms with E-state index in [1.807, 2.05) is 30.3 Å². The Morgan fingerprint density at radius 2 is 1.42 bits per heavy atom. The van der Waals surface area contributed by atoms with Crippen molar-refractivity contribution in [1.82, 2.24) is 0 Å². The molecule has 0 aromatic heterocycles. The lowest BCUT2D eigenvalue weighted by Crippen LogP contribution is -2.13. The van der Waals surface area contributed by atoms with Crippen LogP contribution in [0.4, 0.5) is 5.69 Å². The Morgan fingerprint density at radius 3 is 2.08 bits per heavy atom. The first-order valence-corrected chi connectivity index (χ1v) is 8.06. The molecular weight excluding hydrogens is 330 g/mol. The van der Waals surface area contributed by atoms with Crippen LogP contribution in [-0.2, 0) is 0 Å². The number of hydrogen-bond acceptors (Lipinski definition) is 4. The van der Waals surface area contributed by atoms with Crippen LogP contribution in [0.1, 0.15) is 10.4 Å². The van der Waals surface area contributed by atoms with Gasteiger partial charge in [-0.2, -0.15) is 0 Å². The van der Waals surface area contributed by atoms with Gasteiger partial charge in [0.1, 0.15) is 23.0 Å². The van der Waals surface area contributed by atoms with Crippen molar-refractivity contribution in [2.75, 3.05) is 19.5 Å². The molecule has 5 nitrogen and oxygen atoms in total. The largest absolute Gasteiger partial charge is 0.497 e. The van der Waals surface area contributed by atoms with Gasteiger partial charge in [-0.1, -0.05) is 18.2 Å². The summed E-state index contributed by atoms with van der Waals surface area (Å²) in [5, 5.41) is 2.85. The predicted molar refractivity (Wildman–Crippen MR) is 100 cm³/mol. The topological polar surface area (TPSA) is 56.8 Å². The average molecular weight is 349 g/mol. The molecule has 0 fully saturated rings. The van der Waals surface area contributed by atoms with Crippen LogP contribution in [0.15, 0.2) is 72.8 Å². The van der Waals surface area contributed by atoms with Gasteiger partial charge >= 0.3 is 0 Å². The zero-order valence-corrected chi connectivity index (χ0v) is 14.6. The molecule has 26 heavy (non-hydrogen) atoms. The zero-order chi connectivity index (χ0) is 18.4. The van der Waals surface area contributed by atoms with Crippen LogP contribution in [0, 0.1) is 0 Å². The molecule has 0 atom stereocenters. The lowest BCUT2D eigenvalue weighted by atomic mass is 10.1. The Hall–Kier alpha value is -3.47. The molecule has 132 valence electrons. The summed E-state index contributed by atoms with van der Waals surface area (Å²) in [7, 11) is 3.07. The van der Waals surface area contributed by atoms with Crippen LogP contribution in [0.2, 0.25) is 0 Å². The van der Waals surface area contributed by atoms with E-state index in [-0.39, 0.29) is 5.91 Å². The molecule has 3 rings (SSSR count). The molecule has 1 N–H and O–H groups in total. The summed E-state index contributed by atoms with van der Waals surface area (Å²) >= 11 is 0. The van der Waals surface area contributed by atoms with Crippen molar-refractivity contribution < 1.29 is 19.0 Å². The van der Waals surface area contributed by atoms with E-state index in [0.717, 1.165) is 5.75 Å². The summed E-state index contributed by atoms with van der Waals surface area (Å²) in [6, 6.07) is 21.7. The van der Waals surface area contributed by atoms with Crippen LogP contribution in [0.3, 0.4) is 0 Å². The first-order chi connectivity index (χ1) is 12.7. The van der Waals surface area contributed by atoms with Crippen molar-refractivity contribution in [1.29, 1.82) is 0 Å². The van der Waals surface area contributed by atoms with Crippen LogP contribution in [0.25, 0.3) is 0 Å². The standard InChI is InChI=1S/C21H19NO4/c1-24-18-12-13-20(25-2)19(14-18)21(23)22-15-8-10-17(11-9-15)26-16-6-4-3-5-7-16/h3-14H,1-2H3,(H,22,23). The minimum absolute atomic E-state index is 0.280. The van der Waals surface area contributed by atoms with E-state index in [1.54, 1.807) is 49.6 Å². The SMILES string of the molecule is COc1ccc(OC)c(C(=O)Nc2ccc(Oc3ccccc3)cc2)c1. The van der Waals surface area contributed by atoms with Crippen molar-refractivity contribution in [2.24, 2.45) is 0 Å². The molecule has 5 heteroatoms. The van der Waals surface area contributed by atoms with Gasteiger partial charge in [0.05, 0.1) is 19.8 Å². The van der Waals surface area contributed by atoms with Gasteiger partial charge in [0, 0.05) is 5.69 Å². The fourth-order valence-corrected chi connectivity index (χ4v) is 2.42. The quantitative estimate of drug-likeness (QED) is 0.698. The molecule has 0 heterocycles. The van der Waals surface area contributed by atoms with E-state index >= 15 is 0 Å². The van der Waals surface area contributed by atoms with E-state index in [1.165, 1.54) is 7.11 Å². The molecule has 0 spiro atoms. The highest BCUT2D eigenvalue weighted by Crippen LogP contribution is 2.26. The number of nitrogens with one attached hydrogen (secondary N) is 1. The highest BCUT2D eigenvalue weighted by Gasteiger charge is 2.14. The van der Waals surface area contributed by atoms with E-state index in [0.29, 0.717) is 28.5 Å². The number of carbonyl (C=O) groups excluding carboxylic acids is 1. The number of anilines is 1. The molecule has 0 aliphatic carbocycles. The molecule has 0 unspecified atom stereocenters. The van der Waals surface area contributed by atoms with Gasteiger partial charge in [0.15, 0.2) is 0 Å². The predicted octanol–water partition coefficient (Wildman–Crippen LogP) is 4.75. The van der Waals surface area contributed by atoms with Crippen molar-refractivity contribution >= 4 is 11.6 Å². The molecule has 0 aliphatic rings. The smallest absolute Gasteiger partial charge is 0.259 e. The van der Waals surface area contributed by atoms with Crippen LogP contribution < -0.4 is 19.5 Å². The molecule has 0 aliphatic heterocycles. The van der Waals surface area contributed by atoms with Crippen molar-refractivity contribution in [2.45, 2.75) is 0 Å². The van der Waals surface area contributed by atoms with Crippen molar-refractivity contribution in [3.63, 3.8) is 0 Å². The summed E-state index contributed by atoms with van der Waals surface area (Å²) in [5.41, 5.74) is 1.05. The second kappa shape index (κ2) is 8.07. The third-order valence-electron chi connectivity index (χ3n) is 3.74. The second-order valence-corrected chi connectivity index (χ2v) is 5.46. The molecule has 0 radical (unpaired) electrons. The number of rotatable bonds is 6. The lowest BCUT2D eigenvalue weighted by Gasteiger charge is -2.11. The Bertz CT molecular complexity index is 876. The molecule has 1 amide bonds. The first-order valence-electron chi connectivity index (χ1n) is 8.06. The lowest BCUT2D eigenvalue weighted by molar-refractivity contribution is 0.102. The highest BCUT2D eigenvalue weighted by atomic mass is 16.5. The molecular formula is C21H19NO4. The van der Waals surface area contributed by atoms with Gasteiger partial charge in [0.2, 0.25) is 0 Å². The van der Waals surface area contributed by atoms with Gasteiger partial charge in [-0.25, -0.2) is 0 Å². The molecule has 0 saturated carbocycles. The van der Waals surface area contributed by atoms with Crippen molar-refractivity contribution in [3.05, 3.63) is 78.4 Å². The van der Waals surface area contributed by atoms with E-state index in [2.05, 4.69) is 5.32 Å². The summed E-state index contributed by atoms with van der Waals surface area (Å²) in [6.45, 7) is 0. The van der Waals surface area contributed by atoms with Crippen molar-refractivity contribution in [3.8, 4) is 23.0 Å². The molecule has 0 saturated heterocycles. The number of carbonyl (C=O) groups is 1. The second-order valence-electron chi connectivity index (χ2n) is 5.46. The average Bonchev–Trinajstić information content (AvgIpc) is 2.69. The number of para-hydroxylation sites is 1. The van der Waals surface area contributed by atoms with Gasteiger partial charge in [-0.3, -0.25) is 4.79 Å². The van der Waals surface area contributed by atoms with Crippen LogP contribution in [-0.4, -0.2) is 20.1 Å². The minimum atomic E-state index is -0.280. The monoisotopic (exact) mass is 349 g/mol. The zero-order valence-electron chi connectivity index (χ0n) is 14.6. The third-order valence-corrected chi connectivity index (χ3v) is 3.74. The number of ether oxygens (including phenoxy) is 3. The summed E-state index contributed by atoms with van der Waals surface area (Å²) in [5.74, 6) is 2.23. The number of methoxy groups -OCH3 is 2. The first kappa shape index (κ1) is 17.4. The van der Waals surface area contributed by atoms with E-state index in [9.17, 15) is 4.79 Å². The maximum absolute atomic E-state index is 12.6.